The zero-order chi connectivity index (χ0) is 30.7. The Balaban J connectivity index is 3.40. The zero-order valence-corrected chi connectivity index (χ0v) is 25.3. The van der Waals surface area contributed by atoms with Crippen molar-refractivity contribution in [2.75, 3.05) is 6.61 Å². The topological polar surface area (TPSA) is 151 Å². The Morgan fingerprint density at radius 1 is 0.850 bits per heavy atom. The third-order valence-electron chi connectivity index (χ3n) is 7.26. The molecule has 0 aliphatic carbocycles. The molecule has 0 aliphatic rings. The summed E-state index contributed by atoms with van der Waals surface area (Å²) < 4.78 is 21.8. The van der Waals surface area contributed by atoms with Crippen LogP contribution in [0.2, 0.25) is 0 Å². The molecule has 0 fully saturated rings. The second kappa shape index (κ2) is 16.2. The van der Waals surface area contributed by atoms with Gasteiger partial charge in [-0.3, -0.25) is 14.4 Å². The van der Waals surface area contributed by atoms with Gasteiger partial charge >= 0.3 is 24.1 Å². The first-order valence-electron chi connectivity index (χ1n) is 14.0. The van der Waals surface area contributed by atoms with Crippen LogP contribution in [0.1, 0.15) is 86.6 Å². The third kappa shape index (κ3) is 10.4. The smallest absolute Gasteiger partial charge is 0.480 e. The normalized spacial score (nSPS) is 15.9. The number of nitrogens with two attached hydrogens (primary N) is 1. The van der Waals surface area contributed by atoms with Crippen molar-refractivity contribution in [2.45, 2.75) is 93.2 Å². The minimum Gasteiger partial charge on any atom is -0.480 e. The van der Waals surface area contributed by atoms with Crippen LogP contribution >= 0.6 is 0 Å². The molecule has 10 nitrogen and oxygen atoms in total. The number of carboxylic acid groups (broad SMARTS) is 1. The molecule has 0 spiro atoms. The molecule has 10 heteroatoms. The van der Waals surface area contributed by atoms with Gasteiger partial charge in [-0.1, -0.05) is 67.9 Å². The van der Waals surface area contributed by atoms with Gasteiger partial charge in [0.1, 0.15) is 12.1 Å². The van der Waals surface area contributed by atoms with E-state index in [-0.39, 0.29) is 36.0 Å². The molecule has 1 aromatic rings. The third-order valence-corrected chi connectivity index (χ3v) is 7.26. The van der Waals surface area contributed by atoms with Crippen LogP contribution in [0, 0.1) is 29.6 Å². The Morgan fingerprint density at radius 2 is 1.38 bits per heavy atom. The molecule has 0 saturated carbocycles. The molecule has 1 aromatic carbocycles. The van der Waals surface area contributed by atoms with Crippen LogP contribution < -0.4 is 15.2 Å². The Morgan fingerprint density at radius 3 is 1.85 bits per heavy atom. The fraction of sp³-hybridized carbons (Fsp3) is 0.667. The number of benzene rings is 1. The minimum atomic E-state index is -1.37. The van der Waals surface area contributed by atoms with Crippen LogP contribution in [0.4, 0.5) is 4.79 Å². The molecule has 0 amide bonds. The van der Waals surface area contributed by atoms with Crippen molar-refractivity contribution >= 4 is 24.1 Å². The number of carboxylic acids is 1. The maximum atomic E-state index is 12.9. The Kier molecular flexibility index (Phi) is 14.1. The standard InChI is InChI=1S/C30H47NO9/c1-10-11-19(7)38-30(36)37-15-18(6)25(26(31)27(32)33)22-12-13-23(39-28(34)20(8)16(2)3)24(14-22)40-29(35)21(9)17(4)5/h12-14,16-21,25-26H,10-11,15,31H2,1-9H3,(H,32,33)/t18?,19?,20?,21?,25?,26-/m0/s1. The lowest BCUT2D eigenvalue weighted by Crippen LogP contribution is -2.40. The van der Waals surface area contributed by atoms with Gasteiger partial charge in [0.2, 0.25) is 0 Å². The van der Waals surface area contributed by atoms with E-state index in [2.05, 4.69) is 0 Å². The summed E-state index contributed by atoms with van der Waals surface area (Å²) in [6, 6.07) is 3.11. The van der Waals surface area contributed by atoms with Crippen molar-refractivity contribution < 1.29 is 43.2 Å². The lowest BCUT2D eigenvalue weighted by Gasteiger charge is -2.28. The SMILES string of the molecule is CCCC(C)OC(=O)OCC(C)C(c1ccc(OC(=O)C(C)C(C)C)c(OC(=O)C(C)C(C)C)c1)[C@H](N)C(=O)O. The first-order valence-corrected chi connectivity index (χ1v) is 14.0. The summed E-state index contributed by atoms with van der Waals surface area (Å²) in [6.07, 6.45) is 0.351. The largest absolute Gasteiger partial charge is 0.508 e. The number of rotatable bonds is 15. The summed E-state index contributed by atoms with van der Waals surface area (Å²) in [6.45, 7) is 16.3. The number of ether oxygens (including phenoxy) is 4. The van der Waals surface area contributed by atoms with Crippen LogP contribution in [0.3, 0.4) is 0 Å². The van der Waals surface area contributed by atoms with E-state index < -0.39 is 53.8 Å². The van der Waals surface area contributed by atoms with Crippen molar-refractivity contribution in [2.24, 2.45) is 35.3 Å². The molecule has 40 heavy (non-hydrogen) atoms. The lowest BCUT2D eigenvalue weighted by atomic mass is 9.82. The number of esters is 2. The summed E-state index contributed by atoms with van der Waals surface area (Å²) in [5, 5.41) is 9.74. The minimum absolute atomic E-state index is 0.00667. The van der Waals surface area contributed by atoms with Gasteiger partial charge in [-0.25, -0.2) is 4.79 Å². The number of hydrogen-bond donors (Lipinski definition) is 2. The number of hydrogen-bond acceptors (Lipinski definition) is 9. The van der Waals surface area contributed by atoms with Gasteiger partial charge < -0.3 is 29.8 Å². The van der Waals surface area contributed by atoms with Crippen molar-refractivity contribution in [3.8, 4) is 11.5 Å². The van der Waals surface area contributed by atoms with Crippen molar-refractivity contribution in [1.82, 2.24) is 0 Å². The fourth-order valence-corrected chi connectivity index (χ4v) is 3.85. The quantitative estimate of drug-likeness (QED) is 0.204. The van der Waals surface area contributed by atoms with Crippen molar-refractivity contribution in [3.05, 3.63) is 23.8 Å². The van der Waals surface area contributed by atoms with E-state index in [1.807, 2.05) is 34.6 Å². The molecule has 1 rings (SSSR count). The molecule has 0 saturated heterocycles. The highest BCUT2D eigenvalue weighted by atomic mass is 16.7. The first-order chi connectivity index (χ1) is 18.6. The van der Waals surface area contributed by atoms with Crippen LogP contribution in [-0.2, 0) is 23.9 Å². The maximum absolute atomic E-state index is 12.9. The molecule has 0 radical (unpaired) electrons. The monoisotopic (exact) mass is 565 g/mol. The molecule has 226 valence electrons. The summed E-state index contributed by atoms with van der Waals surface area (Å²) in [5.41, 5.74) is 6.50. The molecule has 0 heterocycles. The number of aliphatic carboxylic acids is 1. The number of carbonyl (C=O) groups excluding carboxylic acids is 3. The highest BCUT2D eigenvalue weighted by Crippen LogP contribution is 2.37. The molecule has 5 unspecified atom stereocenters. The molecule has 6 atom stereocenters. The molecule has 0 bridgehead atoms. The van der Waals surface area contributed by atoms with E-state index in [0.29, 0.717) is 12.0 Å². The van der Waals surface area contributed by atoms with E-state index in [0.717, 1.165) is 6.42 Å². The average molecular weight is 566 g/mol. The lowest BCUT2D eigenvalue weighted by molar-refractivity contribution is -0.142. The average Bonchev–Trinajstić information content (AvgIpc) is 2.87. The predicted molar refractivity (Wildman–Crippen MR) is 150 cm³/mol. The van der Waals surface area contributed by atoms with E-state index >= 15 is 0 Å². The van der Waals surface area contributed by atoms with Gasteiger partial charge in [-0.15, -0.1) is 0 Å². The summed E-state index contributed by atoms with van der Waals surface area (Å²) in [4.78, 5) is 49.6. The molecule has 0 aromatic heterocycles. The summed E-state index contributed by atoms with van der Waals surface area (Å²) >= 11 is 0. The Labute approximate surface area is 237 Å². The number of carbonyl (C=O) groups is 4. The summed E-state index contributed by atoms with van der Waals surface area (Å²) in [5.74, 6) is -4.53. The molecule has 3 N–H and O–H groups in total. The zero-order valence-electron chi connectivity index (χ0n) is 25.3. The van der Waals surface area contributed by atoms with Gasteiger partial charge in [-0.05, 0) is 48.8 Å². The molecular formula is C30H47NO9. The maximum Gasteiger partial charge on any atom is 0.508 e. The van der Waals surface area contributed by atoms with Crippen molar-refractivity contribution in [1.29, 1.82) is 0 Å². The van der Waals surface area contributed by atoms with E-state index in [1.165, 1.54) is 12.1 Å². The fourth-order valence-electron chi connectivity index (χ4n) is 3.85. The second-order valence-corrected chi connectivity index (χ2v) is 11.3. The van der Waals surface area contributed by atoms with Gasteiger partial charge in [0, 0.05) is 5.92 Å². The van der Waals surface area contributed by atoms with Crippen molar-refractivity contribution in [3.63, 3.8) is 0 Å². The van der Waals surface area contributed by atoms with E-state index in [9.17, 15) is 24.3 Å². The first kappa shape index (κ1) is 34.9. The van der Waals surface area contributed by atoms with Crippen LogP contribution in [-0.4, -0.2) is 47.9 Å². The molecular weight excluding hydrogens is 518 g/mol. The van der Waals surface area contributed by atoms with E-state index in [4.69, 9.17) is 24.7 Å². The van der Waals surface area contributed by atoms with Gasteiger partial charge in [0.15, 0.2) is 11.5 Å². The van der Waals surface area contributed by atoms with Crippen LogP contribution in [0.25, 0.3) is 0 Å². The highest BCUT2D eigenvalue weighted by Gasteiger charge is 2.33. The van der Waals surface area contributed by atoms with Gasteiger partial charge in [0.05, 0.1) is 18.4 Å². The van der Waals surface area contributed by atoms with Crippen LogP contribution in [0.5, 0.6) is 11.5 Å². The summed E-state index contributed by atoms with van der Waals surface area (Å²) in [7, 11) is 0. The molecule has 0 aliphatic heterocycles. The van der Waals surface area contributed by atoms with E-state index in [1.54, 1.807) is 33.8 Å². The highest BCUT2D eigenvalue weighted by molar-refractivity contribution is 5.79. The van der Waals surface area contributed by atoms with Crippen LogP contribution in [0.15, 0.2) is 18.2 Å². The second-order valence-electron chi connectivity index (χ2n) is 11.3. The Bertz CT molecular complexity index is 1010. The van der Waals surface area contributed by atoms with Gasteiger partial charge in [0.25, 0.3) is 0 Å². The predicted octanol–water partition coefficient (Wildman–Crippen LogP) is 5.56. The Hall–Kier alpha value is -3.14. The van der Waals surface area contributed by atoms with Gasteiger partial charge in [-0.2, -0.15) is 0 Å².